The number of nitrogens with zero attached hydrogens (tertiary/aromatic N) is 2. The fraction of sp³-hybridized carbons (Fsp3) is 0.364. The Morgan fingerprint density at radius 2 is 2.27 bits per heavy atom. The van der Waals surface area contributed by atoms with Gasteiger partial charge in [-0.1, -0.05) is 13.8 Å². The first kappa shape index (κ1) is 10.5. The zero-order valence-electron chi connectivity index (χ0n) is 8.87. The molecule has 0 aliphatic rings. The van der Waals surface area contributed by atoms with Crippen LogP contribution in [0.4, 0.5) is 5.69 Å². The molecule has 0 aliphatic carbocycles. The molecule has 0 aliphatic heterocycles. The lowest BCUT2D eigenvalue weighted by Gasteiger charge is -2.04. The number of halogens is 1. The molecule has 3 nitrogen and oxygen atoms in total. The number of hydrogen-bond donors (Lipinski definition) is 1. The van der Waals surface area contributed by atoms with Gasteiger partial charge in [-0.15, -0.1) is 0 Å². The third kappa shape index (κ3) is 1.86. The predicted octanol–water partition coefficient (Wildman–Crippen LogP) is 2.88. The second kappa shape index (κ2) is 3.85. The summed E-state index contributed by atoms with van der Waals surface area (Å²) in [7, 11) is 0. The first-order valence-corrected chi connectivity index (χ1v) is 5.80. The van der Waals surface area contributed by atoms with E-state index >= 15 is 0 Å². The van der Waals surface area contributed by atoms with Crippen molar-refractivity contribution in [3.63, 3.8) is 0 Å². The topological polar surface area (TPSA) is 43.3 Å². The van der Waals surface area contributed by atoms with Crippen LogP contribution in [-0.4, -0.2) is 9.38 Å². The van der Waals surface area contributed by atoms with Crippen molar-refractivity contribution in [3.05, 3.63) is 28.8 Å². The molecule has 2 rings (SSSR count). The molecule has 0 saturated heterocycles. The summed E-state index contributed by atoms with van der Waals surface area (Å²) >= 11 is 3.45. The molecular weight excluding hydrogens is 254 g/mol. The van der Waals surface area contributed by atoms with Crippen molar-refractivity contribution in [2.24, 2.45) is 5.92 Å². The Morgan fingerprint density at radius 1 is 1.53 bits per heavy atom. The maximum atomic E-state index is 5.91. The first-order valence-electron chi connectivity index (χ1n) is 5.00. The van der Waals surface area contributed by atoms with E-state index in [1.165, 1.54) is 0 Å². The minimum Gasteiger partial charge on any atom is -0.397 e. The van der Waals surface area contributed by atoms with Crippen LogP contribution in [0.2, 0.25) is 0 Å². The molecule has 0 fully saturated rings. The second-order valence-electron chi connectivity index (χ2n) is 4.10. The second-order valence-corrected chi connectivity index (χ2v) is 4.85. The summed E-state index contributed by atoms with van der Waals surface area (Å²) in [4.78, 5) is 4.49. The maximum absolute atomic E-state index is 5.91. The van der Waals surface area contributed by atoms with Crippen molar-refractivity contribution in [2.45, 2.75) is 20.3 Å². The SMILES string of the molecule is CC(C)Cc1nc(Br)c2c(N)cccn12. The van der Waals surface area contributed by atoms with Crippen molar-refractivity contribution >= 4 is 27.1 Å². The smallest absolute Gasteiger partial charge is 0.134 e. The maximum Gasteiger partial charge on any atom is 0.134 e. The molecular formula is C11H14BrN3. The summed E-state index contributed by atoms with van der Waals surface area (Å²) in [5.74, 6) is 1.64. The van der Waals surface area contributed by atoms with Gasteiger partial charge in [0.05, 0.1) is 5.69 Å². The van der Waals surface area contributed by atoms with E-state index in [0.717, 1.165) is 28.1 Å². The first-order chi connectivity index (χ1) is 7.09. The molecule has 0 spiro atoms. The van der Waals surface area contributed by atoms with E-state index in [9.17, 15) is 0 Å². The van der Waals surface area contributed by atoms with Gasteiger partial charge in [0.15, 0.2) is 0 Å². The number of rotatable bonds is 2. The average Bonchev–Trinajstić information content (AvgIpc) is 2.44. The lowest BCUT2D eigenvalue weighted by atomic mass is 10.1. The van der Waals surface area contributed by atoms with Crippen LogP contribution < -0.4 is 5.73 Å². The normalized spacial score (nSPS) is 11.5. The highest BCUT2D eigenvalue weighted by Crippen LogP contribution is 2.25. The molecule has 15 heavy (non-hydrogen) atoms. The molecule has 4 heteroatoms. The Balaban J connectivity index is 2.63. The van der Waals surface area contributed by atoms with E-state index in [0.29, 0.717) is 5.92 Å². The highest BCUT2D eigenvalue weighted by Gasteiger charge is 2.11. The Hall–Kier alpha value is -1.03. The molecule has 0 radical (unpaired) electrons. The Bertz CT molecular complexity index is 488. The van der Waals surface area contributed by atoms with Gasteiger partial charge >= 0.3 is 0 Å². The lowest BCUT2D eigenvalue weighted by Crippen LogP contribution is -2.00. The summed E-state index contributed by atoms with van der Waals surface area (Å²) in [5, 5.41) is 0. The fourth-order valence-electron chi connectivity index (χ4n) is 1.69. The molecule has 0 unspecified atom stereocenters. The summed E-state index contributed by atoms with van der Waals surface area (Å²) in [6.07, 6.45) is 2.96. The number of imidazole rings is 1. The summed E-state index contributed by atoms with van der Waals surface area (Å²) in [6, 6.07) is 3.83. The number of hydrogen-bond acceptors (Lipinski definition) is 2. The number of anilines is 1. The zero-order valence-corrected chi connectivity index (χ0v) is 10.5. The van der Waals surface area contributed by atoms with Crippen LogP contribution >= 0.6 is 15.9 Å². The van der Waals surface area contributed by atoms with Crippen LogP contribution in [0.25, 0.3) is 5.52 Å². The van der Waals surface area contributed by atoms with Gasteiger partial charge in [-0.25, -0.2) is 4.98 Å². The number of fused-ring (bicyclic) bond motifs is 1. The van der Waals surface area contributed by atoms with Gasteiger partial charge in [0.2, 0.25) is 0 Å². The lowest BCUT2D eigenvalue weighted by molar-refractivity contribution is 0.619. The van der Waals surface area contributed by atoms with Crippen LogP contribution in [0.15, 0.2) is 22.9 Å². The number of nitrogen functional groups attached to an aromatic ring is 1. The van der Waals surface area contributed by atoms with Crippen LogP contribution in [-0.2, 0) is 6.42 Å². The quantitative estimate of drug-likeness (QED) is 0.910. The molecule has 2 heterocycles. The van der Waals surface area contributed by atoms with Gasteiger partial charge in [0.25, 0.3) is 0 Å². The molecule has 0 saturated carbocycles. The Kier molecular flexibility index (Phi) is 2.69. The van der Waals surface area contributed by atoms with E-state index in [4.69, 9.17) is 5.73 Å². The van der Waals surface area contributed by atoms with Crippen molar-refractivity contribution < 1.29 is 0 Å². The van der Waals surface area contributed by atoms with Crippen LogP contribution in [0.5, 0.6) is 0 Å². The number of nitrogens with two attached hydrogens (primary N) is 1. The standard InChI is InChI=1S/C11H14BrN3/c1-7(2)6-9-14-11(12)10-8(13)4-3-5-15(9)10/h3-5,7H,6,13H2,1-2H3. The molecule has 0 bridgehead atoms. The number of aromatic nitrogens is 2. The predicted molar refractivity (Wildman–Crippen MR) is 65.8 cm³/mol. The van der Waals surface area contributed by atoms with Gasteiger partial charge in [-0.2, -0.15) is 0 Å². The fourth-order valence-corrected chi connectivity index (χ4v) is 2.31. The molecule has 2 N–H and O–H groups in total. The third-order valence-electron chi connectivity index (χ3n) is 2.32. The van der Waals surface area contributed by atoms with E-state index in [-0.39, 0.29) is 0 Å². The van der Waals surface area contributed by atoms with Crippen molar-refractivity contribution in [3.8, 4) is 0 Å². The summed E-state index contributed by atoms with van der Waals surface area (Å²) in [5.41, 5.74) is 7.63. The van der Waals surface area contributed by atoms with Crippen molar-refractivity contribution in [1.29, 1.82) is 0 Å². The van der Waals surface area contributed by atoms with Crippen molar-refractivity contribution in [1.82, 2.24) is 9.38 Å². The molecule has 2 aromatic heterocycles. The van der Waals surface area contributed by atoms with Gasteiger partial charge < -0.3 is 10.1 Å². The minimum atomic E-state index is 0.587. The average molecular weight is 268 g/mol. The third-order valence-corrected chi connectivity index (χ3v) is 2.87. The molecule has 2 aromatic rings. The van der Waals surface area contributed by atoms with Gasteiger partial charge in [0, 0.05) is 12.6 Å². The largest absolute Gasteiger partial charge is 0.397 e. The van der Waals surface area contributed by atoms with E-state index in [1.807, 2.05) is 18.3 Å². The highest BCUT2D eigenvalue weighted by molar-refractivity contribution is 9.10. The summed E-state index contributed by atoms with van der Waals surface area (Å²) in [6.45, 7) is 4.36. The van der Waals surface area contributed by atoms with Crippen LogP contribution in [0.3, 0.4) is 0 Å². The van der Waals surface area contributed by atoms with Crippen LogP contribution in [0, 0.1) is 5.92 Å². The monoisotopic (exact) mass is 267 g/mol. The molecule has 0 aromatic carbocycles. The van der Waals surface area contributed by atoms with Gasteiger partial charge in [-0.05, 0) is 34.0 Å². The van der Waals surface area contributed by atoms with Crippen LogP contribution in [0.1, 0.15) is 19.7 Å². The van der Waals surface area contributed by atoms with Gasteiger partial charge in [0.1, 0.15) is 15.9 Å². The van der Waals surface area contributed by atoms with Gasteiger partial charge in [-0.3, -0.25) is 0 Å². The van der Waals surface area contributed by atoms with E-state index in [2.05, 4.69) is 39.2 Å². The molecule has 0 amide bonds. The Morgan fingerprint density at radius 3 is 2.93 bits per heavy atom. The van der Waals surface area contributed by atoms with E-state index in [1.54, 1.807) is 0 Å². The van der Waals surface area contributed by atoms with E-state index < -0.39 is 0 Å². The zero-order chi connectivity index (χ0) is 11.0. The number of pyridine rings is 1. The Labute approximate surface area is 97.4 Å². The minimum absolute atomic E-state index is 0.587. The highest BCUT2D eigenvalue weighted by atomic mass is 79.9. The molecule has 0 atom stereocenters. The molecule has 80 valence electrons. The van der Waals surface area contributed by atoms with Crippen molar-refractivity contribution in [2.75, 3.05) is 5.73 Å². The summed E-state index contributed by atoms with van der Waals surface area (Å²) < 4.78 is 2.88.